The third kappa shape index (κ3) is 25.2. The Balaban J connectivity index is 0.000000210. The maximum atomic E-state index is 6.09. The Morgan fingerprint density at radius 1 is 0.548 bits per heavy atom. The van der Waals surface area contributed by atoms with Crippen LogP contribution in [0, 0.1) is 0 Å². The number of rotatable bonds is 16. The lowest BCUT2D eigenvalue weighted by atomic mass is 9.79. The molecule has 5 aliphatic rings. The Morgan fingerprint density at radius 3 is 1.27 bits per heavy atom. The molecule has 5 aliphatic heterocycles. The van der Waals surface area contributed by atoms with Crippen molar-refractivity contribution in [2.45, 2.75) is 189 Å². The second-order valence-electron chi connectivity index (χ2n) is 20.2. The Labute approximate surface area is 479 Å². The summed E-state index contributed by atoms with van der Waals surface area (Å²) in [5.74, 6) is 1.90. The van der Waals surface area contributed by atoms with Crippen LogP contribution in [-0.4, -0.2) is 118 Å². The standard InChI is InChI=1S/C19H29BO4S.C13H17BrO2S.C9H19BO3.C7H13BrO2.C6H5BrS/c1-18(2)19(3,4)24-20(23-18)15-8-10-16(11-9-15)25-14-13-22-17-7-5-6-12-21-17;14-11-4-6-12(7-5-11)17-10-9-16-13-3-1-2-8-15-13;1-7(2)11-10-12-8(3,4)9(5,6)13-10;8-4-6-10-7-3-1-2-5-9-7;7-5-1-3-6(8)4-2-5/h8-11,17H,5-7,12-14H2,1-4H3;4-7,13H,1-3,8-10H2;7H,1-6H3;7H,1-6H2;1-4,8H. The van der Waals surface area contributed by atoms with Crippen LogP contribution in [0.15, 0.2) is 96.4 Å². The molecule has 0 saturated carbocycles. The van der Waals surface area contributed by atoms with Crippen LogP contribution in [0.2, 0.25) is 0 Å². The molecule has 3 aromatic carbocycles. The van der Waals surface area contributed by atoms with Crippen LogP contribution in [0.4, 0.5) is 0 Å². The minimum absolute atomic E-state index is 0.0000914. The molecule has 0 amide bonds. The van der Waals surface area contributed by atoms with E-state index in [2.05, 4.69) is 137 Å². The molecule has 410 valence electrons. The molecule has 0 aliphatic carbocycles. The highest BCUT2D eigenvalue weighted by atomic mass is 79.9. The van der Waals surface area contributed by atoms with Crippen LogP contribution in [0.3, 0.4) is 0 Å². The molecule has 3 atom stereocenters. The molecule has 8 rings (SSSR count). The molecule has 5 fully saturated rings. The quantitative estimate of drug-likeness (QED) is 0.0485. The number of benzene rings is 3. The van der Waals surface area contributed by atoms with Crippen LogP contribution in [-0.2, 0) is 51.7 Å². The molecule has 5 saturated heterocycles. The third-order valence-corrected chi connectivity index (χ3v) is 16.4. The fourth-order valence-electron chi connectivity index (χ4n) is 7.12. The summed E-state index contributed by atoms with van der Waals surface area (Å²) in [5.41, 5.74) is -0.137. The molecular weight excluding hydrogens is 1180 g/mol. The van der Waals surface area contributed by atoms with Crippen molar-refractivity contribution in [2.75, 3.05) is 56.5 Å². The summed E-state index contributed by atoms with van der Waals surface area (Å²) >= 11 is 17.8. The number of halogens is 3. The minimum Gasteiger partial charge on any atom is -0.399 e. The summed E-state index contributed by atoms with van der Waals surface area (Å²) in [6.07, 6.45) is 10.6. The van der Waals surface area contributed by atoms with Crippen LogP contribution in [0.1, 0.15) is 127 Å². The monoisotopic (exact) mass is 1260 g/mol. The first-order valence-electron chi connectivity index (χ1n) is 25.9. The molecule has 5 heterocycles. The Hall–Kier alpha value is -0.160. The molecule has 3 unspecified atom stereocenters. The fraction of sp³-hybridized carbons (Fsp3) is 0.667. The molecule has 0 bridgehead atoms. The normalized spacial score (nSPS) is 22.6. The van der Waals surface area contributed by atoms with E-state index < -0.39 is 7.32 Å². The van der Waals surface area contributed by atoms with E-state index in [0.717, 1.165) is 94.9 Å². The lowest BCUT2D eigenvalue weighted by Gasteiger charge is -2.32. The van der Waals surface area contributed by atoms with Gasteiger partial charge in [0.05, 0.1) is 42.2 Å². The van der Waals surface area contributed by atoms with Gasteiger partial charge in [0.25, 0.3) is 0 Å². The maximum Gasteiger partial charge on any atom is 0.640 e. The summed E-state index contributed by atoms with van der Waals surface area (Å²) < 4.78 is 64.3. The zero-order valence-electron chi connectivity index (χ0n) is 45.0. The highest BCUT2D eigenvalue weighted by molar-refractivity contribution is 9.10. The highest BCUT2D eigenvalue weighted by Crippen LogP contribution is 2.38. The summed E-state index contributed by atoms with van der Waals surface area (Å²) in [5, 5.41) is 0.896. The van der Waals surface area contributed by atoms with E-state index in [4.69, 9.17) is 51.7 Å². The number of ether oxygens (including phenoxy) is 6. The molecule has 19 heteroatoms. The smallest absolute Gasteiger partial charge is 0.399 e. The highest BCUT2D eigenvalue weighted by Gasteiger charge is 2.53. The van der Waals surface area contributed by atoms with Gasteiger partial charge in [0.2, 0.25) is 0 Å². The van der Waals surface area contributed by atoms with Crippen LogP contribution in [0.5, 0.6) is 0 Å². The van der Waals surface area contributed by atoms with Crippen molar-refractivity contribution in [3.63, 3.8) is 0 Å². The van der Waals surface area contributed by atoms with E-state index in [0.29, 0.717) is 6.61 Å². The van der Waals surface area contributed by atoms with Crippen molar-refractivity contribution < 1.29 is 51.7 Å². The van der Waals surface area contributed by atoms with E-state index in [1.165, 1.54) is 41.9 Å². The van der Waals surface area contributed by atoms with E-state index in [1.54, 1.807) is 11.8 Å². The molecule has 0 aromatic heterocycles. The average molecular weight is 1270 g/mol. The van der Waals surface area contributed by atoms with Crippen molar-refractivity contribution in [3.05, 3.63) is 81.7 Å². The SMILES string of the molecule is BrCCOC1CCCCO1.Brc1ccc(SCCOC2CCCCO2)cc1.CC(C)OB1OC(C)(C)C(C)(C)O1.CC1(C)OB(c2ccc(SCCOC3CCCCO3)cc2)OC1(C)C.Sc1ccc(Br)cc1. The van der Waals surface area contributed by atoms with Gasteiger partial charge in [-0.25, -0.2) is 0 Å². The molecule has 3 aromatic rings. The summed E-state index contributed by atoms with van der Waals surface area (Å²) in [7, 11) is -0.819. The van der Waals surface area contributed by atoms with Crippen molar-refractivity contribution in [1.29, 1.82) is 0 Å². The zero-order chi connectivity index (χ0) is 53.3. The molecule has 73 heavy (non-hydrogen) atoms. The largest absolute Gasteiger partial charge is 0.640 e. The maximum absolute atomic E-state index is 6.09. The molecule has 11 nitrogen and oxygen atoms in total. The van der Waals surface area contributed by atoms with E-state index >= 15 is 0 Å². The number of hydrogen-bond donors (Lipinski definition) is 1. The van der Waals surface area contributed by atoms with Gasteiger partial charge in [-0.2, -0.15) is 0 Å². The van der Waals surface area contributed by atoms with Gasteiger partial charge in [-0.3, -0.25) is 0 Å². The van der Waals surface area contributed by atoms with Crippen molar-refractivity contribution in [3.8, 4) is 0 Å². The van der Waals surface area contributed by atoms with Gasteiger partial charge < -0.3 is 51.7 Å². The second-order valence-corrected chi connectivity index (χ2v) is 25.7. The fourth-order valence-corrected chi connectivity index (χ4v) is 9.47. The summed E-state index contributed by atoms with van der Waals surface area (Å²) in [6.45, 7) is 25.1. The van der Waals surface area contributed by atoms with Gasteiger partial charge in [-0.15, -0.1) is 36.2 Å². The first kappa shape index (κ1) is 65.4. The number of hydrogen-bond acceptors (Lipinski definition) is 14. The van der Waals surface area contributed by atoms with E-state index in [-0.39, 0.29) is 54.5 Å². The number of thiol groups is 1. The Kier molecular flexibility index (Phi) is 30.5. The van der Waals surface area contributed by atoms with Crippen molar-refractivity contribution >= 4 is 104 Å². The lowest BCUT2D eigenvalue weighted by Crippen LogP contribution is -2.41. The average Bonchev–Trinajstić information content (AvgIpc) is 3.72. The van der Waals surface area contributed by atoms with Crippen molar-refractivity contribution in [2.24, 2.45) is 0 Å². The Morgan fingerprint density at radius 2 is 0.918 bits per heavy atom. The Bertz CT molecular complexity index is 1870. The van der Waals surface area contributed by atoms with E-state index in [9.17, 15) is 0 Å². The van der Waals surface area contributed by atoms with Crippen LogP contribution in [0.25, 0.3) is 0 Å². The first-order chi connectivity index (χ1) is 34.7. The molecule has 0 spiro atoms. The van der Waals surface area contributed by atoms with Crippen LogP contribution < -0.4 is 5.46 Å². The minimum atomic E-state index is -0.523. The predicted molar refractivity (Wildman–Crippen MR) is 314 cm³/mol. The predicted octanol–water partition coefficient (Wildman–Crippen LogP) is 14.4. The summed E-state index contributed by atoms with van der Waals surface area (Å²) in [6, 6.07) is 24.6. The van der Waals surface area contributed by atoms with Gasteiger partial charge >= 0.3 is 14.4 Å². The van der Waals surface area contributed by atoms with E-state index in [1.807, 2.05) is 77.6 Å². The van der Waals surface area contributed by atoms with Gasteiger partial charge in [-0.1, -0.05) is 59.9 Å². The van der Waals surface area contributed by atoms with Gasteiger partial charge in [-0.05, 0) is 193 Å². The zero-order valence-corrected chi connectivity index (χ0v) is 52.3. The number of thioether (sulfide) groups is 2. The first-order valence-corrected chi connectivity index (χ1v) is 31.0. The summed E-state index contributed by atoms with van der Waals surface area (Å²) in [4.78, 5) is 3.50. The van der Waals surface area contributed by atoms with Gasteiger partial charge in [0, 0.05) is 66.4 Å². The van der Waals surface area contributed by atoms with Crippen molar-refractivity contribution in [1.82, 2.24) is 0 Å². The second kappa shape index (κ2) is 34.1. The molecule has 0 N–H and O–H groups in total. The third-order valence-electron chi connectivity index (χ3n) is 12.8. The van der Waals surface area contributed by atoms with Gasteiger partial charge in [0.1, 0.15) is 0 Å². The van der Waals surface area contributed by atoms with Crippen LogP contribution >= 0.6 is 83.9 Å². The van der Waals surface area contributed by atoms with Gasteiger partial charge in [0.15, 0.2) is 18.9 Å². The molecule has 0 radical (unpaired) electrons. The topological polar surface area (TPSA) is 102 Å². The number of alkyl halides is 1. The molecular formula is C54H83B2Br3O11S3. The lowest BCUT2D eigenvalue weighted by molar-refractivity contribution is -0.158.